The Kier molecular flexibility index (Phi) is 11.4. The summed E-state index contributed by atoms with van der Waals surface area (Å²) in [5.74, 6) is 0.534. The molecule has 0 saturated heterocycles. The number of methoxy groups -OCH3 is 1. The number of amides is 1. The van der Waals surface area contributed by atoms with Crippen LogP contribution >= 0.6 is 0 Å². The van der Waals surface area contributed by atoms with Gasteiger partial charge in [-0.25, -0.2) is 8.42 Å². The van der Waals surface area contributed by atoms with Gasteiger partial charge in [0.1, 0.15) is 12.4 Å². The van der Waals surface area contributed by atoms with Gasteiger partial charge in [-0.1, -0.05) is 0 Å². The molecule has 0 aromatic heterocycles. The summed E-state index contributed by atoms with van der Waals surface area (Å²) in [5.41, 5.74) is 1.26. The molecule has 1 aliphatic rings. The highest BCUT2D eigenvalue weighted by molar-refractivity contribution is 7.89. The molecule has 0 spiro atoms. The lowest BCUT2D eigenvalue weighted by molar-refractivity contribution is -0.138. The van der Waals surface area contributed by atoms with Gasteiger partial charge in [-0.3, -0.25) is 4.79 Å². The van der Waals surface area contributed by atoms with Crippen LogP contribution in [0.1, 0.15) is 36.8 Å². The van der Waals surface area contributed by atoms with E-state index in [1.165, 1.54) is 11.4 Å². The summed E-state index contributed by atoms with van der Waals surface area (Å²) in [4.78, 5) is 16.7. The van der Waals surface area contributed by atoms with Gasteiger partial charge >= 0.3 is 0 Å². The largest absolute Gasteiger partial charge is 0.497 e. The number of benzene rings is 1. The van der Waals surface area contributed by atoms with E-state index in [9.17, 15) is 13.2 Å². The van der Waals surface area contributed by atoms with E-state index in [0.717, 1.165) is 38.8 Å². The molecule has 1 aromatic rings. The quantitative estimate of drug-likeness (QED) is 0.374. The summed E-state index contributed by atoms with van der Waals surface area (Å²) >= 11 is 0. The topological polar surface area (TPSA) is 88.6 Å². The van der Waals surface area contributed by atoms with Crippen molar-refractivity contribution in [3.63, 3.8) is 0 Å². The van der Waals surface area contributed by atoms with Gasteiger partial charge < -0.3 is 24.0 Å². The van der Waals surface area contributed by atoms with Gasteiger partial charge in [0.15, 0.2) is 0 Å². The standard InChI is InChI=1S/C25H43N3O6S/c1-19-16-23(32-7)17-20(2)25(19)35(30,31)27(5)13-14-33-18-24(29)28(6)21-8-10-22(11-9-21)34-15-12-26(3)4/h16-17,21-22H,8-15,18H2,1-7H3/t21-,22-. The molecule has 1 saturated carbocycles. The molecule has 0 unspecified atom stereocenters. The lowest BCUT2D eigenvalue weighted by Gasteiger charge is -2.34. The number of hydrogen-bond donors (Lipinski definition) is 0. The number of carbonyl (C=O) groups excluding carboxylic acids is 1. The molecule has 1 aliphatic carbocycles. The zero-order valence-corrected chi connectivity index (χ0v) is 23.2. The van der Waals surface area contributed by atoms with Crippen LogP contribution in [0.2, 0.25) is 0 Å². The van der Waals surface area contributed by atoms with Crippen molar-refractivity contribution in [1.82, 2.24) is 14.1 Å². The molecule has 1 amide bonds. The zero-order chi connectivity index (χ0) is 26.2. The van der Waals surface area contributed by atoms with Crippen molar-refractivity contribution in [2.45, 2.75) is 56.6 Å². The number of carbonyl (C=O) groups is 1. The van der Waals surface area contributed by atoms with E-state index in [1.807, 2.05) is 21.1 Å². The molecule has 0 radical (unpaired) electrons. The van der Waals surface area contributed by atoms with Crippen LogP contribution in [0.5, 0.6) is 5.75 Å². The van der Waals surface area contributed by atoms with Crippen LogP contribution in [-0.4, -0.2) is 109 Å². The molecule has 200 valence electrons. The fourth-order valence-electron chi connectivity index (χ4n) is 4.37. The summed E-state index contributed by atoms with van der Waals surface area (Å²) < 4.78 is 44.2. The van der Waals surface area contributed by atoms with Crippen molar-refractivity contribution in [3.05, 3.63) is 23.3 Å². The van der Waals surface area contributed by atoms with Gasteiger partial charge in [0.2, 0.25) is 15.9 Å². The van der Waals surface area contributed by atoms with Crippen LogP contribution < -0.4 is 4.74 Å². The Balaban J connectivity index is 1.76. The normalized spacial score (nSPS) is 18.8. The van der Waals surface area contributed by atoms with Gasteiger partial charge in [-0.2, -0.15) is 4.31 Å². The summed E-state index contributed by atoms with van der Waals surface area (Å²) in [7, 11) is 5.26. The second kappa shape index (κ2) is 13.5. The van der Waals surface area contributed by atoms with Crippen molar-refractivity contribution in [3.8, 4) is 5.75 Å². The molecule has 0 atom stereocenters. The molecule has 0 heterocycles. The molecule has 35 heavy (non-hydrogen) atoms. The predicted molar refractivity (Wildman–Crippen MR) is 136 cm³/mol. The van der Waals surface area contributed by atoms with E-state index in [-0.39, 0.29) is 42.7 Å². The van der Waals surface area contributed by atoms with E-state index < -0.39 is 10.0 Å². The summed E-state index contributed by atoms with van der Waals surface area (Å²) in [6.07, 6.45) is 3.99. The highest BCUT2D eigenvalue weighted by Gasteiger charge is 2.28. The molecule has 0 aliphatic heterocycles. The third-order valence-corrected chi connectivity index (χ3v) is 8.75. The molecule has 10 heteroatoms. The summed E-state index contributed by atoms with van der Waals surface area (Å²) in [6.45, 7) is 5.37. The van der Waals surface area contributed by atoms with E-state index in [4.69, 9.17) is 14.2 Å². The Morgan fingerprint density at radius 1 is 0.971 bits per heavy atom. The highest BCUT2D eigenvalue weighted by atomic mass is 32.2. The van der Waals surface area contributed by atoms with Crippen LogP contribution in [0, 0.1) is 13.8 Å². The third-order valence-electron chi connectivity index (χ3n) is 6.59. The molecule has 0 N–H and O–H groups in total. The minimum absolute atomic E-state index is 0.0652. The maximum Gasteiger partial charge on any atom is 0.248 e. The van der Waals surface area contributed by atoms with Gasteiger partial charge in [0.05, 0.1) is 31.3 Å². The second-order valence-electron chi connectivity index (χ2n) is 9.58. The van der Waals surface area contributed by atoms with Crippen molar-refractivity contribution in [2.75, 3.05) is 68.2 Å². The molecule has 2 rings (SSSR count). The summed E-state index contributed by atoms with van der Waals surface area (Å²) in [5, 5.41) is 0. The Morgan fingerprint density at radius 3 is 2.11 bits per heavy atom. The Hall–Kier alpha value is -1.72. The Labute approximate surface area is 211 Å². The maximum atomic E-state index is 13.1. The van der Waals surface area contributed by atoms with Crippen molar-refractivity contribution >= 4 is 15.9 Å². The maximum absolute atomic E-state index is 13.1. The van der Waals surface area contributed by atoms with Crippen LogP contribution in [0.25, 0.3) is 0 Å². The first-order valence-electron chi connectivity index (χ1n) is 12.2. The lowest BCUT2D eigenvalue weighted by atomic mass is 9.92. The van der Waals surface area contributed by atoms with Gasteiger partial charge in [-0.05, 0) is 76.9 Å². The minimum Gasteiger partial charge on any atom is -0.497 e. The van der Waals surface area contributed by atoms with E-state index in [2.05, 4.69) is 4.90 Å². The van der Waals surface area contributed by atoms with Crippen LogP contribution in [0.3, 0.4) is 0 Å². The first-order chi connectivity index (χ1) is 16.5. The number of rotatable bonds is 13. The third kappa shape index (κ3) is 8.42. The predicted octanol–water partition coefficient (Wildman–Crippen LogP) is 2.30. The highest BCUT2D eigenvalue weighted by Crippen LogP contribution is 2.28. The van der Waals surface area contributed by atoms with Crippen LogP contribution in [0.4, 0.5) is 0 Å². The van der Waals surface area contributed by atoms with Crippen molar-refractivity contribution in [1.29, 1.82) is 0 Å². The first kappa shape index (κ1) is 29.5. The van der Waals surface area contributed by atoms with Crippen molar-refractivity contribution in [2.24, 2.45) is 0 Å². The molecule has 1 aromatic carbocycles. The number of likely N-dealkylation sites (N-methyl/N-ethyl adjacent to an activating group) is 3. The lowest BCUT2D eigenvalue weighted by Crippen LogP contribution is -2.42. The van der Waals surface area contributed by atoms with Crippen LogP contribution in [0.15, 0.2) is 17.0 Å². The Morgan fingerprint density at radius 2 is 1.57 bits per heavy atom. The van der Waals surface area contributed by atoms with E-state index >= 15 is 0 Å². The second-order valence-corrected chi connectivity index (χ2v) is 11.6. The molecular formula is C25H43N3O6S. The van der Waals surface area contributed by atoms with Gasteiger partial charge in [-0.15, -0.1) is 0 Å². The number of hydrogen-bond acceptors (Lipinski definition) is 7. The fraction of sp³-hybridized carbons (Fsp3) is 0.720. The molecular weight excluding hydrogens is 470 g/mol. The van der Waals surface area contributed by atoms with E-state index in [0.29, 0.717) is 16.9 Å². The van der Waals surface area contributed by atoms with Gasteiger partial charge in [0, 0.05) is 33.2 Å². The number of sulfonamides is 1. The minimum atomic E-state index is -3.69. The molecule has 1 fully saturated rings. The number of ether oxygens (including phenoxy) is 3. The fourth-order valence-corrected chi connectivity index (χ4v) is 5.93. The van der Waals surface area contributed by atoms with Crippen molar-refractivity contribution < 1.29 is 27.4 Å². The number of nitrogens with zero attached hydrogens (tertiary/aromatic N) is 3. The summed E-state index contributed by atoms with van der Waals surface area (Å²) in [6, 6.07) is 3.61. The molecule has 0 bridgehead atoms. The zero-order valence-electron chi connectivity index (χ0n) is 22.4. The first-order valence-corrected chi connectivity index (χ1v) is 13.6. The average molecular weight is 514 g/mol. The van der Waals surface area contributed by atoms with E-state index in [1.54, 1.807) is 38.0 Å². The average Bonchev–Trinajstić information content (AvgIpc) is 2.80. The Bertz CT molecular complexity index is 906. The SMILES string of the molecule is COc1cc(C)c(S(=O)(=O)N(C)CCOCC(=O)N(C)[C@H]2CC[C@H](OCCN(C)C)CC2)c(C)c1. The van der Waals surface area contributed by atoms with Gasteiger partial charge in [0.25, 0.3) is 0 Å². The smallest absolute Gasteiger partial charge is 0.248 e. The van der Waals surface area contributed by atoms with Crippen LogP contribution in [-0.2, 0) is 24.3 Å². The molecule has 9 nitrogen and oxygen atoms in total. The monoisotopic (exact) mass is 513 g/mol. The number of aryl methyl sites for hydroxylation is 2.